The van der Waals surface area contributed by atoms with E-state index < -0.39 is 0 Å². The molecule has 1 rings (SSSR count). The van der Waals surface area contributed by atoms with Gasteiger partial charge in [0.2, 0.25) is 5.91 Å². The van der Waals surface area contributed by atoms with Gasteiger partial charge in [0.1, 0.15) is 0 Å². The van der Waals surface area contributed by atoms with Gasteiger partial charge in [-0.2, -0.15) is 5.10 Å². The van der Waals surface area contributed by atoms with E-state index in [0.29, 0.717) is 6.54 Å². The van der Waals surface area contributed by atoms with E-state index in [0.717, 1.165) is 17.0 Å². The van der Waals surface area contributed by atoms with Crippen LogP contribution in [0.25, 0.3) is 0 Å². The summed E-state index contributed by atoms with van der Waals surface area (Å²) in [6.07, 6.45) is 0. The Bertz CT molecular complexity index is 398. The number of nitrogens with zero attached hydrogens (tertiary/aromatic N) is 1. The van der Waals surface area contributed by atoms with Crippen LogP contribution >= 0.6 is 0 Å². The number of amides is 1. The van der Waals surface area contributed by atoms with Crippen LogP contribution in [-0.4, -0.2) is 27.7 Å². The maximum absolute atomic E-state index is 11.9. The second-order valence-corrected chi connectivity index (χ2v) is 5.75. The van der Waals surface area contributed by atoms with Crippen LogP contribution in [0.3, 0.4) is 0 Å². The van der Waals surface area contributed by atoms with Gasteiger partial charge in [0.15, 0.2) is 0 Å². The summed E-state index contributed by atoms with van der Waals surface area (Å²) in [6.45, 7) is 12.4. The van der Waals surface area contributed by atoms with Gasteiger partial charge in [-0.3, -0.25) is 9.89 Å². The average molecular weight is 252 g/mol. The lowest BCUT2D eigenvalue weighted by Gasteiger charge is -2.23. The molecule has 0 aliphatic carbocycles. The Kier molecular flexibility index (Phi) is 4.51. The molecule has 0 spiro atoms. The minimum atomic E-state index is -0.224. The molecule has 0 saturated carbocycles. The Morgan fingerprint density at radius 3 is 2.44 bits per heavy atom. The molecule has 5 heteroatoms. The second-order valence-electron chi connectivity index (χ2n) is 5.75. The summed E-state index contributed by atoms with van der Waals surface area (Å²) in [7, 11) is 0. The van der Waals surface area contributed by atoms with Crippen molar-refractivity contribution in [2.75, 3.05) is 0 Å². The van der Waals surface area contributed by atoms with Crippen LogP contribution in [0.15, 0.2) is 0 Å². The Morgan fingerprint density at radius 1 is 1.39 bits per heavy atom. The number of hydrogen-bond acceptors (Lipinski definition) is 3. The Hall–Kier alpha value is -1.36. The molecule has 0 aromatic carbocycles. The molecule has 3 N–H and O–H groups in total. The summed E-state index contributed by atoms with van der Waals surface area (Å²) < 4.78 is 0. The van der Waals surface area contributed by atoms with E-state index in [-0.39, 0.29) is 17.5 Å². The van der Waals surface area contributed by atoms with Gasteiger partial charge in [0, 0.05) is 23.3 Å². The normalized spacial score (nSPS) is 13.4. The molecule has 1 unspecified atom stereocenters. The molecule has 0 aliphatic heterocycles. The van der Waals surface area contributed by atoms with Gasteiger partial charge in [-0.1, -0.05) is 0 Å². The van der Waals surface area contributed by atoms with E-state index in [9.17, 15) is 4.79 Å². The van der Waals surface area contributed by atoms with Gasteiger partial charge in [-0.05, 0) is 41.5 Å². The van der Waals surface area contributed by atoms with Crippen LogP contribution in [0.1, 0.15) is 44.6 Å². The van der Waals surface area contributed by atoms with Gasteiger partial charge in [0.25, 0.3) is 0 Å². The topological polar surface area (TPSA) is 69.8 Å². The number of carbonyl (C=O) groups excluding carboxylic acids is 1. The highest BCUT2D eigenvalue weighted by molar-refractivity contribution is 5.81. The predicted molar refractivity (Wildman–Crippen MR) is 72.3 cm³/mol. The standard InChI is InChI=1S/C13H24N4O/c1-8-11(9(2)17-16-8)7-14-10(3)12(18)15-13(4,5)6/h10,14H,7H2,1-6H3,(H,15,18)(H,16,17). The number of rotatable bonds is 4. The third kappa shape index (κ3) is 4.14. The van der Waals surface area contributed by atoms with Crippen LogP contribution < -0.4 is 10.6 Å². The SMILES string of the molecule is Cc1n[nH]c(C)c1CNC(C)C(=O)NC(C)(C)C. The Balaban J connectivity index is 2.51. The molecule has 1 amide bonds. The lowest BCUT2D eigenvalue weighted by Crippen LogP contribution is -2.49. The molecular weight excluding hydrogens is 228 g/mol. The molecule has 1 aromatic heterocycles. The number of aryl methyl sites for hydroxylation is 2. The lowest BCUT2D eigenvalue weighted by atomic mass is 10.1. The number of carbonyl (C=O) groups is 1. The summed E-state index contributed by atoms with van der Waals surface area (Å²) in [5.41, 5.74) is 2.95. The molecule has 0 aliphatic rings. The van der Waals surface area contributed by atoms with Crippen LogP contribution in [-0.2, 0) is 11.3 Å². The summed E-state index contributed by atoms with van der Waals surface area (Å²) in [6, 6.07) is -0.224. The summed E-state index contributed by atoms with van der Waals surface area (Å²) in [4.78, 5) is 11.9. The van der Waals surface area contributed by atoms with Crippen molar-refractivity contribution in [3.05, 3.63) is 17.0 Å². The van der Waals surface area contributed by atoms with Crippen LogP contribution in [0, 0.1) is 13.8 Å². The third-order valence-electron chi connectivity index (χ3n) is 2.76. The van der Waals surface area contributed by atoms with Crippen molar-refractivity contribution in [1.29, 1.82) is 0 Å². The molecule has 5 nitrogen and oxygen atoms in total. The second kappa shape index (κ2) is 5.52. The van der Waals surface area contributed by atoms with Crippen molar-refractivity contribution in [3.8, 4) is 0 Å². The van der Waals surface area contributed by atoms with E-state index in [1.54, 1.807) is 0 Å². The Labute approximate surface area is 109 Å². The molecule has 102 valence electrons. The molecule has 1 atom stereocenters. The molecule has 0 fully saturated rings. The van der Waals surface area contributed by atoms with Crippen molar-refractivity contribution >= 4 is 5.91 Å². The smallest absolute Gasteiger partial charge is 0.237 e. The molecular formula is C13H24N4O. The average Bonchev–Trinajstić information content (AvgIpc) is 2.53. The van der Waals surface area contributed by atoms with Gasteiger partial charge < -0.3 is 10.6 Å². The lowest BCUT2D eigenvalue weighted by molar-refractivity contribution is -0.124. The van der Waals surface area contributed by atoms with Crippen LogP contribution in [0.2, 0.25) is 0 Å². The van der Waals surface area contributed by atoms with E-state index in [1.807, 2.05) is 41.5 Å². The van der Waals surface area contributed by atoms with E-state index in [4.69, 9.17) is 0 Å². The summed E-state index contributed by atoms with van der Waals surface area (Å²) >= 11 is 0. The first kappa shape index (κ1) is 14.7. The number of aromatic amines is 1. The molecule has 0 saturated heterocycles. The van der Waals surface area contributed by atoms with Gasteiger partial charge >= 0.3 is 0 Å². The summed E-state index contributed by atoms with van der Waals surface area (Å²) in [5, 5.41) is 13.2. The quantitative estimate of drug-likeness (QED) is 0.759. The van der Waals surface area contributed by atoms with Crippen molar-refractivity contribution in [2.45, 2.75) is 59.7 Å². The van der Waals surface area contributed by atoms with Crippen molar-refractivity contribution < 1.29 is 4.79 Å². The zero-order chi connectivity index (χ0) is 13.9. The number of hydrogen-bond donors (Lipinski definition) is 3. The largest absolute Gasteiger partial charge is 0.350 e. The highest BCUT2D eigenvalue weighted by Crippen LogP contribution is 2.09. The zero-order valence-electron chi connectivity index (χ0n) is 12.1. The van der Waals surface area contributed by atoms with Gasteiger partial charge in [0.05, 0.1) is 11.7 Å². The number of H-pyrrole nitrogens is 1. The van der Waals surface area contributed by atoms with E-state index >= 15 is 0 Å². The molecule has 1 aromatic rings. The van der Waals surface area contributed by atoms with Gasteiger partial charge in [-0.15, -0.1) is 0 Å². The minimum Gasteiger partial charge on any atom is -0.350 e. The van der Waals surface area contributed by atoms with Gasteiger partial charge in [-0.25, -0.2) is 0 Å². The third-order valence-corrected chi connectivity index (χ3v) is 2.76. The Morgan fingerprint density at radius 2 is 2.00 bits per heavy atom. The minimum absolute atomic E-state index is 0.0151. The fraction of sp³-hybridized carbons (Fsp3) is 0.692. The van der Waals surface area contributed by atoms with Crippen LogP contribution in [0.5, 0.6) is 0 Å². The molecule has 18 heavy (non-hydrogen) atoms. The van der Waals surface area contributed by atoms with E-state index in [2.05, 4.69) is 20.8 Å². The first-order valence-corrected chi connectivity index (χ1v) is 6.26. The van der Waals surface area contributed by atoms with Crippen LogP contribution in [0.4, 0.5) is 0 Å². The highest BCUT2D eigenvalue weighted by atomic mass is 16.2. The molecule has 0 bridgehead atoms. The highest BCUT2D eigenvalue weighted by Gasteiger charge is 2.19. The zero-order valence-corrected chi connectivity index (χ0v) is 12.1. The maximum Gasteiger partial charge on any atom is 0.237 e. The fourth-order valence-electron chi connectivity index (χ4n) is 1.66. The van der Waals surface area contributed by atoms with Crippen molar-refractivity contribution in [3.63, 3.8) is 0 Å². The number of aromatic nitrogens is 2. The molecule has 0 radical (unpaired) electrons. The van der Waals surface area contributed by atoms with E-state index in [1.165, 1.54) is 0 Å². The first-order valence-electron chi connectivity index (χ1n) is 6.26. The fourth-order valence-corrected chi connectivity index (χ4v) is 1.66. The predicted octanol–water partition coefficient (Wildman–Crippen LogP) is 1.42. The maximum atomic E-state index is 11.9. The molecule has 1 heterocycles. The monoisotopic (exact) mass is 252 g/mol. The number of nitrogens with one attached hydrogen (secondary N) is 3. The first-order chi connectivity index (χ1) is 8.20. The van der Waals surface area contributed by atoms with Crippen molar-refractivity contribution in [1.82, 2.24) is 20.8 Å². The summed E-state index contributed by atoms with van der Waals surface area (Å²) in [5.74, 6) is 0.0151. The van der Waals surface area contributed by atoms with Crippen molar-refractivity contribution in [2.24, 2.45) is 0 Å².